The van der Waals surface area contributed by atoms with Gasteiger partial charge in [-0.1, -0.05) is 168 Å². The molecule has 9 aromatic rings. The van der Waals surface area contributed by atoms with E-state index in [9.17, 15) is 0 Å². The van der Waals surface area contributed by atoms with E-state index in [0.29, 0.717) is 11.8 Å². The molecule has 4 aromatic carbocycles. The summed E-state index contributed by atoms with van der Waals surface area (Å²) in [6, 6.07) is 50.5. The predicted octanol–water partition coefficient (Wildman–Crippen LogP) is 22.5. The zero-order valence-electron chi connectivity index (χ0n) is 55.0. The second kappa shape index (κ2) is 28.6. The van der Waals surface area contributed by atoms with Gasteiger partial charge >= 0.3 is 0 Å². The SMILES string of the molecule is C=CC(=Cc1c(C)n(C2=CCC=CC(c3cccc(-n4c5c(c6cc(-c7ccccc7-c7ccccn7)ccc64)CC(C(C=CCC)=C(C)c4ccccn4)C=C5)c3)=C2)c2ccc(C(=CC)C(=CC)c3ccccn3)cc12)C1C=CCCC1C(CC(C)C)=NCCC. The van der Waals surface area contributed by atoms with Crippen LogP contribution in [0.2, 0.25) is 0 Å². The van der Waals surface area contributed by atoms with E-state index in [1.165, 1.54) is 66.8 Å². The molecule has 460 valence electrons. The molecule has 12 rings (SSSR count). The number of benzene rings is 4. The number of pyridine rings is 3. The normalized spacial score (nSPS) is 17.6. The van der Waals surface area contributed by atoms with Crippen LogP contribution < -0.4 is 0 Å². The summed E-state index contributed by atoms with van der Waals surface area (Å²) in [5.74, 6) is 1.14. The summed E-state index contributed by atoms with van der Waals surface area (Å²) in [6.45, 7) is 23.3. The van der Waals surface area contributed by atoms with Gasteiger partial charge in [-0.15, -0.1) is 0 Å². The molecular weight excluding hydrogens is 1120 g/mol. The Morgan fingerprint density at radius 2 is 1.48 bits per heavy atom. The van der Waals surface area contributed by atoms with E-state index in [1.54, 1.807) is 0 Å². The average molecular weight is 1200 g/mol. The third-order valence-corrected chi connectivity index (χ3v) is 18.7. The van der Waals surface area contributed by atoms with Gasteiger partial charge in [0.1, 0.15) is 0 Å². The van der Waals surface area contributed by atoms with E-state index in [-0.39, 0.29) is 11.8 Å². The van der Waals surface area contributed by atoms with Gasteiger partial charge in [-0.3, -0.25) is 19.9 Å². The molecule has 92 heavy (non-hydrogen) atoms. The first-order valence-electron chi connectivity index (χ1n) is 33.4. The molecular formula is C86H86N6. The highest BCUT2D eigenvalue weighted by Gasteiger charge is 2.31. The smallest absolute Gasteiger partial charge is 0.0708 e. The summed E-state index contributed by atoms with van der Waals surface area (Å²) in [4.78, 5) is 19.8. The van der Waals surface area contributed by atoms with Crippen LogP contribution in [0.3, 0.4) is 0 Å². The standard InChI is InChI=1S/C86H86N6/c1-10-15-33-71(59(8)80-38-22-25-48-88-80)65-42-45-85-78(56-65)79-57-66(73-35-19-20-36-74(73)82-40-24-27-50-90-82)43-46-86(79)92(85)68-32-28-30-63(53-68)62-29-16-17-31-67(52-62)91-60(9)76(54-61(12-3)72-34-18-21-37-75(72)83(51-58(6)7)87-47-11-2)77-55-64(41-44-84(77)91)69(13-4)70(14-5)81-39-23-26-49-89-81/h12-16,18-20,22-36,38-46,48-50,52-55,57-58,65,72,75H,3,10-11,17,21,37,47,51,56H2,1-2,4-9H3. The van der Waals surface area contributed by atoms with E-state index in [2.05, 4.69) is 277 Å². The lowest BCUT2D eigenvalue weighted by Gasteiger charge is -2.31. The van der Waals surface area contributed by atoms with Crippen molar-refractivity contribution in [3.05, 3.63) is 294 Å². The van der Waals surface area contributed by atoms with Gasteiger partial charge in [-0.2, -0.15) is 0 Å². The van der Waals surface area contributed by atoms with Gasteiger partial charge in [-0.25, -0.2) is 0 Å². The quantitative estimate of drug-likeness (QED) is 0.0434. The maximum absolute atomic E-state index is 5.32. The molecule has 0 bridgehead atoms. The van der Waals surface area contributed by atoms with Crippen LogP contribution in [0.25, 0.3) is 90.0 Å². The first kappa shape index (κ1) is 62.4. The molecule has 0 radical (unpaired) electrons. The van der Waals surface area contributed by atoms with Crippen LogP contribution in [0.4, 0.5) is 0 Å². The first-order chi connectivity index (χ1) is 45.1. The molecule has 5 aromatic heterocycles. The molecule has 0 aliphatic heterocycles. The Morgan fingerprint density at radius 1 is 0.728 bits per heavy atom. The number of aromatic nitrogens is 5. The van der Waals surface area contributed by atoms with Crippen molar-refractivity contribution in [3.8, 4) is 28.1 Å². The minimum absolute atomic E-state index is 0.142. The number of allylic oxidation sites excluding steroid dienone is 19. The fourth-order valence-corrected chi connectivity index (χ4v) is 14.3. The van der Waals surface area contributed by atoms with Crippen LogP contribution in [-0.4, -0.2) is 36.3 Å². The topological polar surface area (TPSA) is 60.9 Å². The molecule has 0 spiro atoms. The molecule has 0 saturated carbocycles. The lowest BCUT2D eigenvalue weighted by atomic mass is 9.74. The second-order valence-electron chi connectivity index (χ2n) is 25.0. The summed E-state index contributed by atoms with van der Waals surface area (Å²) in [5.41, 5.74) is 26.7. The highest BCUT2D eigenvalue weighted by molar-refractivity contribution is 6.07. The van der Waals surface area contributed by atoms with E-state index in [0.717, 1.165) is 124 Å². The molecule has 3 aliphatic carbocycles. The first-order valence-corrected chi connectivity index (χ1v) is 33.4. The lowest BCUT2D eigenvalue weighted by molar-refractivity contribution is 0.495. The van der Waals surface area contributed by atoms with Crippen molar-refractivity contribution in [3.63, 3.8) is 0 Å². The van der Waals surface area contributed by atoms with Gasteiger partial charge in [0, 0.05) is 98.8 Å². The summed E-state index contributed by atoms with van der Waals surface area (Å²) in [5, 5.41) is 2.45. The van der Waals surface area contributed by atoms with Crippen molar-refractivity contribution in [1.82, 2.24) is 24.1 Å². The van der Waals surface area contributed by atoms with Gasteiger partial charge in [0.05, 0.1) is 28.1 Å². The van der Waals surface area contributed by atoms with Gasteiger partial charge < -0.3 is 9.13 Å². The van der Waals surface area contributed by atoms with Crippen molar-refractivity contribution >= 4 is 67.7 Å². The number of nitrogens with zero attached hydrogens (tertiary/aromatic N) is 6. The largest absolute Gasteiger partial charge is 0.314 e. The molecule has 3 atom stereocenters. The van der Waals surface area contributed by atoms with Crippen LogP contribution in [0.1, 0.15) is 132 Å². The van der Waals surface area contributed by atoms with Crippen molar-refractivity contribution in [1.29, 1.82) is 0 Å². The van der Waals surface area contributed by atoms with Crippen LogP contribution in [0.15, 0.2) is 254 Å². The van der Waals surface area contributed by atoms with E-state index < -0.39 is 0 Å². The number of hydrogen-bond donors (Lipinski definition) is 0. The molecule has 3 aliphatic rings. The van der Waals surface area contributed by atoms with E-state index in [1.807, 2.05) is 36.8 Å². The Labute approximate surface area is 546 Å². The van der Waals surface area contributed by atoms with Crippen LogP contribution in [0.5, 0.6) is 0 Å². The molecule has 6 nitrogen and oxygen atoms in total. The summed E-state index contributed by atoms with van der Waals surface area (Å²) < 4.78 is 5.00. The van der Waals surface area contributed by atoms with Crippen LogP contribution >= 0.6 is 0 Å². The highest BCUT2D eigenvalue weighted by Crippen LogP contribution is 2.44. The van der Waals surface area contributed by atoms with Crippen molar-refractivity contribution in [2.24, 2.45) is 28.7 Å². The van der Waals surface area contributed by atoms with E-state index >= 15 is 0 Å². The molecule has 6 heteroatoms. The molecule has 5 heterocycles. The molecule has 0 fully saturated rings. The Morgan fingerprint density at radius 3 is 2.21 bits per heavy atom. The zero-order chi connectivity index (χ0) is 63.7. The number of hydrogen-bond acceptors (Lipinski definition) is 4. The van der Waals surface area contributed by atoms with E-state index in [4.69, 9.17) is 19.9 Å². The van der Waals surface area contributed by atoms with Crippen LogP contribution in [-0.2, 0) is 6.42 Å². The van der Waals surface area contributed by atoms with Crippen molar-refractivity contribution < 1.29 is 0 Å². The number of aliphatic imine (C=N–C) groups is 1. The minimum atomic E-state index is 0.142. The van der Waals surface area contributed by atoms with Gasteiger partial charge in [-0.05, 0) is 225 Å². The van der Waals surface area contributed by atoms with Crippen molar-refractivity contribution in [2.75, 3.05) is 6.54 Å². The zero-order valence-corrected chi connectivity index (χ0v) is 55.0. The fourth-order valence-electron chi connectivity index (χ4n) is 14.3. The van der Waals surface area contributed by atoms with Gasteiger partial charge in [0.2, 0.25) is 0 Å². The predicted molar refractivity (Wildman–Crippen MR) is 394 cm³/mol. The van der Waals surface area contributed by atoms with Crippen LogP contribution in [0, 0.1) is 30.6 Å². The molecule has 0 amide bonds. The summed E-state index contributed by atoms with van der Waals surface area (Å²) in [6.07, 6.45) is 45.1. The summed E-state index contributed by atoms with van der Waals surface area (Å²) >= 11 is 0. The third kappa shape index (κ3) is 12.8. The second-order valence-corrected chi connectivity index (χ2v) is 25.0. The highest BCUT2D eigenvalue weighted by atomic mass is 15.0. The number of fused-ring (bicyclic) bond motifs is 4. The molecule has 0 saturated heterocycles. The van der Waals surface area contributed by atoms with Gasteiger partial charge in [0.25, 0.3) is 0 Å². The minimum Gasteiger partial charge on any atom is -0.314 e. The maximum atomic E-state index is 5.32. The molecule has 3 unspecified atom stereocenters. The Hall–Kier alpha value is -9.78. The maximum Gasteiger partial charge on any atom is 0.0708 e. The Bertz CT molecular complexity index is 4560. The fraction of sp³-hybridized carbons (Fsp3) is 0.233. The average Bonchev–Trinajstić information content (AvgIpc) is 1.81. The number of rotatable bonds is 20. The monoisotopic (exact) mass is 1200 g/mol. The van der Waals surface area contributed by atoms with Gasteiger partial charge in [0.15, 0.2) is 0 Å². The lowest BCUT2D eigenvalue weighted by Crippen LogP contribution is -2.27. The Kier molecular flexibility index (Phi) is 19.4. The summed E-state index contributed by atoms with van der Waals surface area (Å²) in [7, 11) is 0. The van der Waals surface area contributed by atoms with Crippen molar-refractivity contribution in [2.45, 2.75) is 100 Å². The third-order valence-electron chi connectivity index (χ3n) is 18.7. The Balaban J connectivity index is 0.993. The molecule has 0 N–H and O–H groups in total.